The van der Waals surface area contributed by atoms with Crippen LogP contribution in [0.3, 0.4) is 0 Å². The summed E-state index contributed by atoms with van der Waals surface area (Å²) >= 11 is 0. The lowest BCUT2D eigenvalue weighted by molar-refractivity contribution is 0.370. The van der Waals surface area contributed by atoms with Gasteiger partial charge in [0.2, 0.25) is 0 Å². The van der Waals surface area contributed by atoms with Crippen molar-refractivity contribution >= 4 is 5.69 Å². The molecule has 0 saturated heterocycles. The maximum absolute atomic E-state index is 6.10. The number of tetrazole rings is 1. The minimum absolute atomic E-state index is 0.203. The van der Waals surface area contributed by atoms with Crippen LogP contribution in [0.2, 0.25) is 0 Å². The first-order chi connectivity index (χ1) is 10.1. The molecule has 2 unspecified atom stereocenters. The summed E-state index contributed by atoms with van der Waals surface area (Å²) < 4.78 is 7.23. The zero-order valence-electron chi connectivity index (χ0n) is 13.1. The van der Waals surface area contributed by atoms with Crippen LogP contribution in [0.5, 0.6) is 5.75 Å². The van der Waals surface area contributed by atoms with Crippen molar-refractivity contribution < 1.29 is 4.74 Å². The molecule has 0 radical (unpaired) electrons. The molecule has 6 nitrogen and oxygen atoms in total. The fraction of sp³-hybridized carbons (Fsp3) is 0.533. The summed E-state index contributed by atoms with van der Waals surface area (Å²) in [5, 5.41) is 12.1. The zero-order valence-corrected chi connectivity index (χ0v) is 13.1. The number of hydrogen-bond acceptors (Lipinski definition) is 5. The molecule has 2 N–H and O–H groups in total. The summed E-state index contributed by atoms with van der Waals surface area (Å²) in [6.45, 7) is 6.55. The highest BCUT2D eigenvalue weighted by molar-refractivity contribution is 5.77. The van der Waals surface area contributed by atoms with Gasteiger partial charge in [0.05, 0.1) is 18.7 Å². The minimum Gasteiger partial charge on any atom is -0.496 e. The molecule has 0 aliphatic carbocycles. The highest BCUT2D eigenvalue weighted by Gasteiger charge is 2.21. The van der Waals surface area contributed by atoms with E-state index < -0.39 is 0 Å². The molecule has 2 aromatic rings. The number of ether oxygens (including phenoxy) is 1. The third-order valence-electron chi connectivity index (χ3n) is 3.85. The van der Waals surface area contributed by atoms with Gasteiger partial charge in [0.25, 0.3) is 0 Å². The van der Waals surface area contributed by atoms with Crippen LogP contribution in [0.4, 0.5) is 5.69 Å². The average molecular weight is 289 g/mol. The van der Waals surface area contributed by atoms with Crippen LogP contribution in [0, 0.1) is 5.92 Å². The molecule has 0 amide bonds. The van der Waals surface area contributed by atoms with Gasteiger partial charge >= 0.3 is 0 Å². The smallest absolute Gasteiger partial charge is 0.188 e. The van der Waals surface area contributed by atoms with Crippen LogP contribution in [0.1, 0.15) is 39.7 Å². The van der Waals surface area contributed by atoms with Gasteiger partial charge in [-0.1, -0.05) is 26.3 Å². The van der Waals surface area contributed by atoms with Crippen LogP contribution in [-0.2, 0) is 0 Å². The van der Waals surface area contributed by atoms with Crippen LogP contribution >= 0.6 is 0 Å². The van der Waals surface area contributed by atoms with Crippen LogP contribution in [0.25, 0.3) is 11.4 Å². The van der Waals surface area contributed by atoms with Gasteiger partial charge in [-0.2, -0.15) is 0 Å². The number of nitrogens with zero attached hydrogens (tertiary/aromatic N) is 4. The monoisotopic (exact) mass is 289 g/mol. The summed E-state index contributed by atoms with van der Waals surface area (Å²) in [7, 11) is 1.62. The van der Waals surface area contributed by atoms with Crippen molar-refractivity contribution in [3.05, 3.63) is 18.2 Å². The Morgan fingerprint density at radius 1 is 1.33 bits per heavy atom. The molecule has 0 spiro atoms. The fourth-order valence-corrected chi connectivity index (χ4v) is 2.46. The van der Waals surface area contributed by atoms with Gasteiger partial charge in [0.1, 0.15) is 5.75 Å². The van der Waals surface area contributed by atoms with Crippen molar-refractivity contribution in [3.63, 3.8) is 0 Å². The number of aromatic nitrogens is 4. The van der Waals surface area contributed by atoms with E-state index in [1.807, 2.05) is 22.9 Å². The molecule has 0 aliphatic rings. The number of nitrogens with two attached hydrogens (primary N) is 1. The first kappa shape index (κ1) is 15.3. The molecule has 0 saturated carbocycles. The lowest BCUT2D eigenvalue weighted by Crippen LogP contribution is -2.13. The van der Waals surface area contributed by atoms with E-state index in [1.165, 1.54) is 0 Å². The third-order valence-corrected chi connectivity index (χ3v) is 3.85. The van der Waals surface area contributed by atoms with Crippen molar-refractivity contribution in [2.24, 2.45) is 5.92 Å². The third kappa shape index (κ3) is 3.15. The summed E-state index contributed by atoms with van der Waals surface area (Å²) in [5.41, 5.74) is 7.46. The molecule has 2 atom stereocenters. The van der Waals surface area contributed by atoms with Gasteiger partial charge in [0.15, 0.2) is 5.82 Å². The number of methoxy groups -OCH3 is 1. The maximum Gasteiger partial charge on any atom is 0.188 e. The summed E-state index contributed by atoms with van der Waals surface area (Å²) in [5.74, 6) is 1.95. The first-order valence-electron chi connectivity index (χ1n) is 7.29. The minimum atomic E-state index is 0.203. The Morgan fingerprint density at radius 2 is 2.10 bits per heavy atom. The summed E-state index contributed by atoms with van der Waals surface area (Å²) in [4.78, 5) is 0. The Bertz CT molecular complexity index is 595. The maximum atomic E-state index is 6.10. The number of nitrogen functional groups attached to an aromatic ring is 1. The summed E-state index contributed by atoms with van der Waals surface area (Å²) in [6, 6.07) is 5.75. The van der Waals surface area contributed by atoms with Gasteiger partial charge in [-0.05, 0) is 41.8 Å². The molecular formula is C15H23N5O. The number of rotatable bonds is 6. The van der Waals surface area contributed by atoms with Crippen molar-refractivity contribution in [3.8, 4) is 17.1 Å². The predicted molar refractivity (Wildman–Crippen MR) is 83.0 cm³/mol. The second kappa shape index (κ2) is 6.56. The van der Waals surface area contributed by atoms with Crippen molar-refractivity contribution in [2.45, 2.75) is 39.7 Å². The van der Waals surface area contributed by atoms with Crippen molar-refractivity contribution in [2.75, 3.05) is 12.8 Å². The average Bonchev–Trinajstić information content (AvgIpc) is 2.95. The van der Waals surface area contributed by atoms with E-state index in [9.17, 15) is 0 Å². The van der Waals surface area contributed by atoms with Gasteiger partial charge in [0, 0.05) is 5.69 Å². The fourth-order valence-electron chi connectivity index (χ4n) is 2.46. The Hall–Kier alpha value is -2.11. The highest BCUT2D eigenvalue weighted by atomic mass is 16.5. The molecule has 6 heteroatoms. The van der Waals surface area contributed by atoms with Gasteiger partial charge < -0.3 is 10.5 Å². The first-order valence-corrected chi connectivity index (χ1v) is 7.29. The standard InChI is InChI=1S/C15H23N5O/c1-5-10(2)9-11(3)20-15(17-18-19-20)14-12(16)7-6-8-13(14)21-4/h6-8,10-11H,5,9,16H2,1-4H3. The molecule has 114 valence electrons. The lowest BCUT2D eigenvalue weighted by Gasteiger charge is -2.18. The van der Waals surface area contributed by atoms with Gasteiger partial charge in [-0.15, -0.1) is 5.10 Å². The van der Waals surface area contributed by atoms with E-state index in [4.69, 9.17) is 10.5 Å². The largest absolute Gasteiger partial charge is 0.496 e. The molecule has 0 bridgehead atoms. The van der Waals surface area contributed by atoms with E-state index >= 15 is 0 Å². The normalized spacial score (nSPS) is 13.9. The lowest BCUT2D eigenvalue weighted by atomic mass is 10.00. The number of anilines is 1. The topological polar surface area (TPSA) is 78.9 Å². The second-order valence-corrected chi connectivity index (χ2v) is 5.47. The quantitative estimate of drug-likeness (QED) is 0.827. The molecule has 0 aliphatic heterocycles. The Kier molecular flexibility index (Phi) is 4.77. The molecule has 21 heavy (non-hydrogen) atoms. The molecule has 2 rings (SSSR count). The van der Waals surface area contributed by atoms with E-state index in [0.29, 0.717) is 23.2 Å². The van der Waals surface area contributed by atoms with Crippen molar-refractivity contribution in [1.82, 2.24) is 20.2 Å². The molecular weight excluding hydrogens is 266 g/mol. The van der Waals surface area contributed by atoms with Crippen LogP contribution < -0.4 is 10.5 Å². The number of hydrogen-bond donors (Lipinski definition) is 1. The molecule has 1 aromatic carbocycles. The van der Waals surface area contributed by atoms with E-state index in [-0.39, 0.29) is 6.04 Å². The summed E-state index contributed by atoms with van der Waals surface area (Å²) in [6.07, 6.45) is 2.15. The Balaban J connectivity index is 2.41. The van der Waals surface area contributed by atoms with E-state index in [2.05, 4.69) is 36.3 Å². The van der Waals surface area contributed by atoms with Gasteiger partial charge in [-0.3, -0.25) is 0 Å². The highest BCUT2D eigenvalue weighted by Crippen LogP contribution is 2.35. The van der Waals surface area contributed by atoms with Crippen LogP contribution in [-0.4, -0.2) is 27.3 Å². The number of benzene rings is 1. The molecule has 1 aromatic heterocycles. The van der Waals surface area contributed by atoms with Gasteiger partial charge in [-0.25, -0.2) is 4.68 Å². The van der Waals surface area contributed by atoms with Crippen molar-refractivity contribution in [1.29, 1.82) is 0 Å². The molecule has 0 fully saturated rings. The SMILES string of the molecule is CCC(C)CC(C)n1nnnc1-c1c(N)cccc1OC. The Morgan fingerprint density at radius 3 is 2.76 bits per heavy atom. The predicted octanol–water partition coefficient (Wildman–Crippen LogP) is 2.93. The Labute approximate surface area is 125 Å². The van der Waals surface area contributed by atoms with E-state index in [1.54, 1.807) is 7.11 Å². The molecule has 1 heterocycles. The van der Waals surface area contributed by atoms with E-state index in [0.717, 1.165) is 18.4 Å². The second-order valence-electron chi connectivity index (χ2n) is 5.47. The van der Waals surface area contributed by atoms with Crippen LogP contribution in [0.15, 0.2) is 18.2 Å². The zero-order chi connectivity index (χ0) is 15.4.